The van der Waals surface area contributed by atoms with Gasteiger partial charge in [0.2, 0.25) is 0 Å². The molecule has 0 aromatic carbocycles. The molecule has 0 aromatic heterocycles. The van der Waals surface area contributed by atoms with Crippen molar-refractivity contribution in [1.82, 2.24) is 0 Å². The van der Waals surface area contributed by atoms with Gasteiger partial charge in [0.1, 0.15) is 0 Å². The van der Waals surface area contributed by atoms with Gasteiger partial charge in [-0.05, 0) is 37.0 Å². The first kappa shape index (κ1) is 9.47. The summed E-state index contributed by atoms with van der Waals surface area (Å²) in [5, 5.41) is 19.9. The Bertz CT molecular complexity index is 181. The van der Waals surface area contributed by atoms with E-state index in [1.165, 1.54) is 12.8 Å². The lowest BCUT2D eigenvalue weighted by atomic mass is 9.65. The van der Waals surface area contributed by atoms with Crippen molar-refractivity contribution in [3.8, 4) is 0 Å². The molecule has 5 unspecified atom stereocenters. The molecule has 2 fully saturated rings. The van der Waals surface area contributed by atoms with Gasteiger partial charge in [-0.2, -0.15) is 0 Å². The van der Waals surface area contributed by atoms with E-state index in [0.29, 0.717) is 11.8 Å². The van der Waals surface area contributed by atoms with Gasteiger partial charge in [-0.25, -0.2) is 0 Å². The van der Waals surface area contributed by atoms with Gasteiger partial charge in [0.15, 0.2) is 0 Å². The van der Waals surface area contributed by atoms with E-state index in [9.17, 15) is 10.2 Å². The van der Waals surface area contributed by atoms with Crippen LogP contribution >= 0.6 is 0 Å². The molecule has 0 bridgehead atoms. The predicted molar refractivity (Wildman–Crippen MR) is 51.2 cm³/mol. The Hall–Kier alpha value is -0.0800. The molecule has 0 amide bonds. The van der Waals surface area contributed by atoms with Crippen LogP contribution in [0.25, 0.3) is 0 Å². The van der Waals surface area contributed by atoms with Crippen molar-refractivity contribution in [3.05, 3.63) is 0 Å². The van der Waals surface area contributed by atoms with Crippen LogP contribution in [0.3, 0.4) is 0 Å². The number of rotatable bonds is 0. The molecule has 0 saturated heterocycles. The molecule has 2 rings (SSSR count). The van der Waals surface area contributed by atoms with E-state index < -0.39 is 0 Å². The standard InChI is InChI=1S/C11H20O2/c1-7-6-10(12)8-4-2-3-5-9(8)11(7)13/h7-13H,2-6H2,1H3. The summed E-state index contributed by atoms with van der Waals surface area (Å²) in [5.74, 6) is 1.06. The summed E-state index contributed by atoms with van der Waals surface area (Å²) in [6, 6.07) is 0. The minimum absolute atomic E-state index is 0.149. The zero-order valence-corrected chi connectivity index (χ0v) is 8.32. The molecule has 76 valence electrons. The van der Waals surface area contributed by atoms with Crippen molar-refractivity contribution < 1.29 is 10.2 Å². The van der Waals surface area contributed by atoms with Crippen molar-refractivity contribution in [2.75, 3.05) is 0 Å². The normalized spacial score (nSPS) is 51.5. The SMILES string of the molecule is CC1CC(O)C2CCCCC2C1O. The molecule has 0 radical (unpaired) electrons. The molecular weight excluding hydrogens is 164 g/mol. The van der Waals surface area contributed by atoms with Crippen LogP contribution in [0, 0.1) is 17.8 Å². The molecule has 2 aliphatic carbocycles. The maximum atomic E-state index is 9.98. The Morgan fingerprint density at radius 2 is 1.62 bits per heavy atom. The average Bonchev–Trinajstić information content (AvgIpc) is 2.15. The zero-order valence-electron chi connectivity index (χ0n) is 8.32. The Morgan fingerprint density at radius 3 is 2.31 bits per heavy atom. The molecule has 0 aromatic rings. The maximum Gasteiger partial charge on any atom is 0.0598 e. The third-order valence-electron chi connectivity index (χ3n) is 4.00. The second-order valence-electron chi connectivity index (χ2n) is 4.88. The predicted octanol–water partition coefficient (Wildman–Crippen LogP) is 1.55. The van der Waals surface area contributed by atoms with Crippen molar-refractivity contribution in [1.29, 1.82) is 0 Å². The molecule has 2 saturated carbocycles. The summed E-state index contributed by atoms with van der Waals surface area (Å²) in [4.78, 5) is 0. The van der Waals surface area contributed by atoms with Gasteiger partial charge in [-0.3, -0.25) is 0 Å². The topological polar surface area (TPSA) is 40.5 Å². The summed E-state index contributed by atoms with van der Waals surface area (Å²) in [6.45, 7) is 2.05. The minimum atomic E-state index is -0.159. The highest BCUT2D eigenvalue weighted by Gasteiger charge is 2.42. The highest BCUT2D eigenvalue weighted by Crippen LogP contribution is 2.42. The highest BCUT2D eigenvalue weighted by atomic mass is 16.3. The molecule has 2 N–H and O–H groups in total. The summed E-state index contributed by atoms with van der Waals surface area (Å²) in [5.41, 5.74) is 0. The number of hydrogen-bond donors (Lipinski definition) is 2. The van der Waals surface area contributed by atoms with Gasteiger partial charge in [0.05, 0.1) is 12.2 Å². The number of hydrogen-bond acceptors (Lipinski definition) is 2. The van der Waals surface area contributed by atoms with E-state index in [-0.39, 0.29) is 18.1 Å². The van der Waals surface area contributed by atoms with Crippen LogP contribution < -0.4 is 0 Å². The molecule has 0 aliphatic heterocycles. The van der Waals surface area contributed by atoms with Gasteiger partial charge in [0, 0.05) is 0 Å². The Labute approximate surface area is 80.0 Å². The van der Waals surface area contributed by atoms with Crippen molar-refractivity contribution >= 4 is 0 Å². The summed E-state index contributed by atoms with van der Waals surface area (Å²) in [6.07, 6.45) is 5.19. The van der Waals surface area contributed by atoms with E-state index in [0.717, 1.165) is 19.3 Å². The average molecular weight is 184 g/mol. The first-order chi connectivity index (χ1) is 6.20. The fraction of sp³-hybridized carbons (Fsp3) is 1.00. The Kier molecular flexibility index (Phi) is 2.61. The zero-order chi connectivity index (χ0) is 9.42. The van der Waals surface area contributed by atoms with Crippen LogP contribution in [0.4, 0.5) is 0 Å². The second kappa shape index (κ2) is 3.58. The lowest BCUT2D eigenvalue weighted by Crippen LogP contribution is -2.46. The number of fused-ring (bicyclic) bond motifs is 1. The quantitative estimate of drug-likeness (QED) is 0.599. The third-order valence-corrected chi connectivity index (χ3v) is 4.00. The van der Waals surface area contributed by atoms with Crippen molar-refractivity contribution in [2.45, 2.75) is 51.2 Å². The molecular formula is C11H20O2. The third kappa shape index (κ3) is 1.62. The summed E-state index contributed by atoms with van der Waals surface area (Å²) in [7, 11) is 0. The van der Waals surface area contributed by atoms with E-state index in [1.54, 1.807) is 0 Å². The van der Waals surface area contributed by atoms with Crippen LogP contribution in [0.5, 0.6) is 0 Å². The molecule has 0 spiro atoms. The Balaban J connectivity index is 2.10. The molecule has 2 aliphatic rings. The number of aliphatic hydroxyl groups excluding tert-OH is 2. The highest BCUT2D eigenvalue weighted by molar-refractivity contribution is 4.92. The maximum absolute atomic E-state index is 9.98. The van der Waals surface area contributed by atoms with E-state index >= 15 is 0 Å². The molecule has 5 atom stereocenters. The van der Waals surface area contributed by atoms with Crippen LogP contribution in [0.15, 0.2) is 0 Å². The summed E-state index contributed by atoms with van der Waals surface area (Å²) < 4.78 is 0. The monoisotopic (exact) mass is 184 g/mol. The molecule has 13 heavy (non-hydrogen) atoms. The van der Waals surface area contributed by atoms with Crippen LogP contribution in [0.1, 0.15) is 39.0 Å². The first-order valence-corrected chi connectivity index (χ1v) is 5.56. The van der Waals surface area contributed by atoms with Gasteiger partial charge in [-0.15, -0.1) is 0 Å². The van der Waals surface area contributed by atoms with Crippen molar-refractivity contribution in [3.63, 3.8) is 0 Å². The second-order valence-corrected chi connectivity index (χ2v) is 4.88. The largest absolute Gasteiger partial charge is 0.393 e. The number of aliphatic hydroxyl groups is 2. The van der Waals surface area contributed by atoms with Crippen LogP contribution in [-0.2, 0) is 0 Å². The van der Waals surface area contributed by atoms with Crippen molar-refractivity contribution in [2.24, 2.45) is 17.8 Å². The summed E-state index contributed by atoms with van der Waals surface area (Å²) >= 11 is 0. The fourth-order valence-corrected chi connectivity index (χ4v) is 3.21. The molecule has 2 heteroatoms. The fourth-order valence-electron chi connectivity index (χ4n) is 3.21. The van der Waals surface area contributed by atoms with Gasteiger partial charge in [-0.1, -0.05) is 19.8 Å². The van der Waals surface area contributed by atoms with Crippen LogP contribution in [-0.4, -0.2) is 22.4 Å². The smallest absolute Gasteiger partial charge is 0.0598 e. The Morgan fingerprint density at radius 1 is 1.00 bits per heavy atom. The minimum Gasteiger partial charge on any atom is -0.393 e. The lowest BCUT2D eigenvalue weighted by molar-refractivity contribution is -0.0895. The van der Waals surface area contributed by atoms with Gasteiger partial charge < -0.3 is 10.2 Å². The van der Waals surface area contributed by atoms with E-state index in [2.05, 4.69) is 6.92 Å². The van der Waals surface area contributed by atoms with Crippen LogP contribution in [0.2, 0.25) is 0 Å². The first-order valence-electron chi connectivity index (χ1n) is 5.56. The lowest BCUT2D eigenvalue weighted by Gasteiger charge is -2.45. The molecule has 2 nitrogen and oxygen atoms in total. The van der Waals surface area contributed by atoms with E-state index in [4.69, 9.17) is 0 Å². The molecule has 0 heterocycles. The van der Waals surface area contributed by atoms with Gasteiger partial charge in [0.25, 0.3) is 0 Å². The van der Waals surface area contributed by atoms with Gasteiger partial charge >= 0.3 is 0 Å². The van der Waals surface area contributed by atoms with E-state index in [1.807, 2.05) is 0 Å².